The molecule has 3 rings (SSSR count). The Morgan fingerprint density at radius 1 is 1.33 bits per heavy atom. The van der Waals surface area contributed by atoms with Crippen LogP contribution in [-0.2, 0) is 5.75 Å². The van der Waals surface area contributed by atoms with Gasteiger partial charge in [-0.1, -0.05) is 45.5 Å². The summed E-state index contributed by atoms with van der Waals surface area (Å²) in [6, 6.07) is 8.06. The number of halogens is 1. The normalized spacial score (nSPS) is 11.2. The summed E-state index contributed by atoms with van der Waals surface area (Å²) in [7, 11) is 0. The van der Waals surface area contributed by atoms with Crippen molar-refractivity contribution in [2.45, 2.75) is 5.75 Å². The predicted octanol–water partition coefficient (Wildman–Crippen LogP) is 3.48. The molecule has 0 spiro atoms. The summed E-state index contributed by atoms with van der Waals surface area (Å²) < 4.78 is 2.87. The van der Waals surface area contributed by atoms with Crippen LogP contribution < -0.4 is 0 Å². The number of benzene rings is 1. The van der Waals surface area contributed by atoms with E-state index in [1.165, 1.54) is 0 Å². The first kappa shape index (κ1) is 12.1. The molecule has 7 heteroatoms. The lowest BCUT2D eigenvalue weighted by Crippen LogP contribution is -1.93. The van der Waals surface area contributed by atoms with Gasteiger partial charge in [0.1, 0.15) is 5.01 Å². The van der Waals surface area contributed by atoms with E-state index < -0.39 is 0 Å². The lowest BCUT2D eigenvalue weighted by Gasteiger charge is -1.98. The summed E-state index contributed by atoms with van der Waals surface area (Å²) in [5, 5.41) is 13.8. The van der Waals surface area contributed by atoms with Crippen LogP contribution >= 0.6 is 39.0 Å². The van der Waals surface area contributed by atoms with Gasteiger partial charge in [-0.3, -0.25) is 0 Å². The van der Waals surface area contributed by atoms with Crippen LogP contribution in [0.25, 0.3) is 15.5 Å². The molecule has 0 atom stereocenters. The second-order valence-electron chi connectivity index (χ2n) is 3.63. The molecule has 18 heavy (non-hydrogen) atoms. The third-order valence-corrected chi connectivity index (χ3v) is 4.60. The highest BCUT2D eigenvalue weighted by atomic mass is 79.9. The molecule has 1 aromatic carbocycles. The highest BCUT2D eigenvalue weighted by molar-refractivity contribution is 9.10. The molecule has 0 saturated heterocycles. The van der Waals surface area contributed by atoms with E-state index in [-0.39, 0.29) is 0 Å². The van der Waals surface area contributed by atoms with Crippen molar-refractivity contribution >= 4 is 44.0 Å². The zero-order chi connectivity index (χ0) is 12.5. The molecule has 0 aliphatic rings. The minimum atomic E-state index is 0.820. The third-order valence-electron chi connectivity index (χ3n) is 2.43. The summed E-state index contributed by atoms with van der Waals surface area (Å²) >= 11 is 6.81. The van der Waals surface area contributed by atoms with Crippen LogP contribution in [0.4, 0.5) is 0 Å². The summed E-state index contributed by atoms with van der Waals surface area (Å²) in [5.74, 6) is 1.72. The standard InChI is InChI=1S/C11H9BrN4S2/c1-17-6-9-13-14-11-16(9)15-10(18-11)7-4-2-3-5-8(7)12/h2-5H,6H2,1H3. The Morgan fingerprint density at radius 3 is 2.94 bits per heavy atom. The topological polar surface area (TPSA) is 43.1 Å². The van der Waals surface area contributed by atoms with Gasteiger partial charge in [0.2, 0.25) is 4.96 Å². The first-order chi connectivity index (χ1) is 8.79. The molecular weight excluding hydrogens is 332 g/mol. The number of rotatable bonds is 3. The SMILES string of the molecule is CSCc1nnc2sc(-c3ccccc3Br)nn12. The van der Waals surface area contributed by atoms with E-state index in [0.717, 1.165) is 31.6 Å². The van der Waals surface area contributed by atoms with Gasteiger partial charge < -0.3 is 0 Å². The molecule has 2 heterocycles. The number of hydrogen-bond donors (Lipinski definition) is 0. The van der Waals surface area contributed by atoms with Crippen molar-refractivity contribution in [3.63, 3.8) is 0 Å². The van der Waals surface area contributed by atoms with E-state index in [4.69, 9.17) is 0 Å². The number of aromatic nitrogens is 4. The fourth-order valence-corrected chi connectivity index (χ4v) is 3.56. The molecule has 0 amide bonds. The van der Waals surface area contributed by atoms with Gasteiger partial charge >= 0.3 is 0 Å². The number of nitrogens with zero attached hydrogens (tertiary/aromatic N) is 4. The van der Waals surface area contributed by atoms with Gasteiger partial charge in [-0.25, -0.2) is 0 Å². The zero-order valence-electron chi connectivity index (χ0n) is 9.50. The van der Waals surface area contributed by atoms with E-state index in [1.54, 1.807) is 23.1 Å². The maximum atomic E-state index is 4.59. The van der Waals surface area contributed by atoms with E-state index in [9.17, 15) is 0 Å². The number of fused-ring (bicyclic) bond motifs is 1. The average molecular weight is 341 g/mol. The van der Waals surface area contributed by atoms with Crippen molar-refractivity contribution < 1.29 is 0 Å². The van der Waals surface area contributed by atoms with E-state index >= 15 is 0 Å². The first-order valence-corrected chi connectivity index (χ1v) is 8.25. The average Bonchev–Trinajstić information content (AvgIpc) is 2.92. The smallest absolute Gasteiger partial charge is 0.186 e. The van der Waals surface area contributed by atoms with Crippen molar-refractivity contribution in [1.82, 2.24) is 19.8 Å². The van der Waals surface area contributed by atoms with Gasteiger partial charge in [-0.2, -0.15) is 21.4 Å². The minimum Gasteiger partial charge on any atom is -0.186 e. The van der Waals surface area contributed by atoms with Crippen molar-refractivity contribution in [3.8, 4) is 10.6 Å². The third kappa shape index (κ3) is 2.06. The Kier molecular flexibility index (Phi) is 3.36. The molecule has 0 fully saturated rings. The van der Waals surface area contributed by atoms with Crippen LogP contribution in [0, 0.1) is 0 Å². The molecule has 4 nitrogen and oxygen atoms in total. The number of thioether (sulfide) groups is 1. The maximum Gasteiger partial charge on any atom is 0.235 e. The molecule has 0 aliphatic carbocycles. The molecule has 0 unspecified atom stereocenters. The van der Waals surface area contributed by atoms with Crippen LogP contribution in [0.1, 0.15) is 5.82 Å². The van der Waals surface area contributed by atoms with Gasteiger partial charge in [0.05, 0.1) is 5.75 Å². The highest BCUT2D eigenvalue weighted by Gasteiger charge is 2.13. The molecule has 0 bridgehead atoms. The quantitative estimate of drug-likeness (QED) is 0.732. The molecular formula is C11H9BrN4S2. The van der Waals surface area contributed by atoms with Crippen LogP contribution in [0.15, 0.2) is 28.7 Å². The second-order valence-corrected chi connectivity index (χ2v) is 6.31. The van der Waals surface area contributed by atoms with Gasteiger partial charge in [0, 0.05) is 10.0 Å². The summed E-state index contributed by atoms with van der Waals surface area (Å²) in [5.41, 5.74) is 1.09. The molecule has 0 saturated carbocycles. The summed E-state index contributed by atoms with van der Waals surface area (Å²) in [6.07, 6.45) is 2.04. The molecule has 3 aromatic rings. The molecule has 0 N–H and O–H groups in total. The molecule has 0 radical (unpaired) electrons. The van der Waals surface area contributed by atoms with Crippen LogP contribution in [0.5, 0.6) is 0 Å². The van der Waals surface area contributed by atoms with Gasteiger partial charge in [-0.05, 0) is 12.3 Å². The lowest BCUT2D eigenvalue weighted by molar-refractivity contribution is 0.888. The fraction of sp³-hybridized carbons (Fsp3) is 0.182. The van der Waals surface area contributed by atoms with Crippen molar-refractivity contribution in [2.75, 3.05) is 6.26 Å². The first-order valence-electron chi connectivity index (χ1n) is 5.24. The highest BCUT2D eigenvalue weighted by Crippen LogP contribution is 2.31. The Labute approximate surface area is 121 Å². The minimum absolute atomic E-state index is 0.820. The monoisotopic (exact) mass is 340 g/mol. The molecule has 92 valence electrons. The van der Waals surface area contributed by atoms with Crippen molar-refractivity contribution in [1.29, 1.82) is 0 Å². The molecule has 0 aliphatic heterocycles. The van der Waals surface area contributed by atoms with E-state index in [0.29, 0.717) is 0 Å². The summed E-state index contributed by atoms with van der Waals surface area (Å²) in [4.78, 5) is 0.838. The molecule has 2 aromatic heterocycles. The van der Waals surface area contributed by atoms with Crippen LogP contribution in [-0.4, -0.2) is 26.1 Å². The Hall–Kier alpha value is -0.920. The zero-order valence-corrected chi connectivity index (χ0v) is 12.7. The predicted molar refractivity (Wildman–Crippen MR) is 79.0 cm³/mol. The van der Waals surface area contributed by atoms with Crippen LogP contribution in [0.2, 0.25) is 0 Å². The van der Waals surface area contributed by atoms with Gasteiger partial charge in [0.15, 0.2) is 5.82 Å². The van der Waals surface area contributed by atoms with Crippen molar-refractivity contribution in [2.24, 2.45) is 0 Å². The van der Waals surface area contributed by atoms with Gasteiger partial charge in [0.25, 0.3) is 0 Å². The van der Waals surface area contributed by atoms with E-state index in [1.807, 2.05) is 35.0 Å². The largest absolute Gasteiger partial charge is 0.235 e. The maximum absolute atomic E-state index is 4.59. The fourth-order valence-electron chi connectivity index (χ4n) is 1.62. The Balaban J connectivity index is 2.11. The van der Waals surface area contributed by atoms with E-state index in [2.05, 4.69) is 31.2 Å². The van der Waals surface area contributed by atoms with Crippen LogP contribution in [0.3, 0.4) is 0 Å². The Morgan fingerprint density at radius 2 is 2.17 bits per heavy atom. The second kappa shape index (κ2) is 4.99. The Bertz CT molecular complexity index is 691. The van der Waals surface area contributed by atoms with Crippen molar-refractivity contribution in [3.05, 3.63) is 34.6 Å². The van der Waals surface area contributed by atoms with Gasteiger partial charge in [-0.15, -0.1) is 10.2 Å². The lowest BCUT2D eigenvalue weighted by atomic mass is 10.2. The summed E-state index contributed by atoms with van der Waals surface area (Å²) in [6.45, 7) is 0. The number of hydrogen-bond acceptors (Lipinski definition) is 5.